The number of nitrogens with one attached hydrogen (secondary N) is 1. The summed E-state index contributed by atoms with van der Waals surface area (Å²) in [4.78, 5) is 14.1. The Morgan fingerprint density at radius 2 is 1.72 bits per heavy atom. The van der Waals surface area contributed by atoms with E-state index >= 15 is 0 Å². The minimum absolute atomic E-state index is 0.218. The first-order valence-electron chi connectivity index (χ1n) is 9.90. The van der Waals surface area contributed by atoms with Gasteiger partial charge in [-0.05, 0) is 41.3 Å². The van der Waals surface area contributed by atoms with Gasteiger partial charge in [-0.2, -0.15) is 5.10 Å². The molecule has 8 heteroatoms. The fourth-order valence-corrected chi connectivity index (χ4v) is 4.09. The van der Waals surface area contributed by atoms with Gasteiger partial charge in [0.1, 0.15) is 5.69 Å². The smallest absolute Gasteiger partial charge is 0.255 e. The van der Waals surface area contributed by atoms with Crippen molar-refractivity contribution in [3.8, 4) is 33.5 Å². The van der Waals surface area contributed by atoms with Crippen molar-refractivity contribution in [1.82, 2.24) is 15.1 Å². The summed E-state index contributed by atoms with van der Waals surface area (Å²) in [5, 5.41) is 9.64. The molecule has 2 aromatic heterocycles. The van der Waals surface area contributed by atoms with Crippen molar-refractivity contribution in [3.63, 3.8) is 0 Å². The lowest BCUT2D eigenvalue weighted by Gasteiger charge is -2.14. The Balaban J connectivity index is 1.62. The molecule has 0 aliphatic carbocycles. The van der Waals surface area contributed by atoms with E-state index in [4.69, 9.17) is 14.2 Å². The molecule has 0 saturated heterocycles. The van der Waals surface area contributed by atoms with Crippen LogP contribution in [-0.2, 0) is 6.54 Å². The van der Waals surface area contributed by atoms with Crippen LogP contribution in [0.5, 0.6) is 17.2 Å². The minimum Gasteiger partial charge on any atom is -0.493 e. The molecule has 0 unspecified atom stereocenters. The molecule has 0 fully saturated rings. The van der Waals surface area contributed by atoms with E-state index in [0.29, 0.717) is 28.5 Å². The number of methoxy groups -OCH3 is 3. The third kappa shape index (κ3) is 4.31. The Kier molecular flexibility index (Phi) is 6.42. The van der Waals surface area contributed by atoms with Gasteiger partial charge in [0.05, 0.1) is 37.5 Å². The fraction of sp³-hybridized carbons (Fsp3) is 0.167. The molecule has 0 atom stereocenters. The number of benzene rings is 2. The monoisotopic (exact) mass is 449 g/mol. The summed E-state index contributed by atoms with van der Waals surface area (Å²) >= 11 is 1.54. The third-order valence-corrected chi connectivity index (χ3v) is 5.79. The molecule has 0 radical (unpaired) electrons. The molecule has 7 nitrogen and oxygen atoms in total. The molecule has 164 valence electrons. The average molecular weight is 450 g/mol. The van der Waals surface area contributed by atoms with Crippen LogP contribution in [0.1, 0.15) is 15.9 Å². The molecular formula is C24H23N3O4S. The molecule has 0 bridgehead atoms. The van der Waals surface area contributed by atoms with Crippen LogP contribution in [0.15, 0.2) is 66.2 Å². The Morgan fingerprint density at radius 3 is 2.31 bits per heavy atom. The maximum Gasteiger partial charge on any atom is 0.255 e. The first kappa shape index (κ1) is 21.5. The van der Waals surface area contributed by atoms with Gasteiger partial charge in [-0.15, -0.1) is 11.3 Å². The van der Waals surface area contributed by atoms with Crippen LogP contribution in [0.4, 0.5) is 0 Å². The van der Waals surface area contributed by atoms with Crippen molar-refractivity contribution in [2.45, 2.75) is 6.54 Å². The normalized spacial score (nSPS) is 10.6. The zero-order chi connectivity index (χ0) is 22.5. The number of hydrogen-bond donors (Lipinski definition) is 1. The van der Waals surface area contributed by atoms with Crippen LogP contribution < -0.4 is 19.5 Å². The molecular weight excluding hydrogens is 426 g/mol. The van der Waals surface area contributed by atoms with E-state index in [2.05, 4.69) is 10.4 Å². The van der Waals surface area contributed by atoms with E-state index < -0.39 is 0 Å². The highest BCUT2D eigenvalue weighted by atomic mass is 32.1. The summed E-state index contributed by atoms with van der Waals surface area (Å²) in [5.74, 6) is 1.36. The third-order valence-electron chi connectivity index (χ3n) is 4.91. The second kappa shape index (κ2) is 9.57. The number of nitrogens with zero attached hydrogens (tertiary/aromatic N) is 2. The molecule has 4 rings (SSSR count). The van der Waals surface area contributed by atoms with Gasteiger partial charge in [-0.1, -0.05) is 24.3 Å². The molecule has 0 saturated carbocycles. The summed E-state index contributed by atoms with van der Waals surface area (Å²) in [5.41, 5.74) is 2.85. The van der Waals surface area contributed by atoms with Gasteiger partial charge in [0.25, 0.3) is 5.91 Å². The lowest BCUT2D eigenvalue weighted by atomic mass is 10.1. The van der Waals surface area contributed by atoms with Crippen LogP contribution in [0.2, 0.25) is 0 Å². The predicted molar refractivity (Wildman–Crippen MR) is 124 cm³/mol. The van der Waals surface area contributed by atoms with E-state index in [-0.39, 0.29) is 12.5 Å². The molecule has 2 aromatic carbocycles. The number of hydrogen-bond acceptors (Lipinski definition) is 6. The van der Waals surface area contributed by atoms with E-state index in [1.54, 1.807) is 43.5 Å². The molecule has 32 heavy (non-hydrogen) atoms. The lowest BCUT2D eigenvalue weighted by Crippen LogP contribution is -2.23. The van der Waals surface area contributed by atoms with Crippen molar-refractivity contribution in [3.05, 3.63) is 77.3 Å². The van der Waals surface area contributed by atoms with Crippen LogP contribution in [-0.4, -0.2) is 37.0 Å². The second-order valence-electron chi connectivity index (χ2n) is 6.87. The number of rotatable bonds is 8. The Bertz CT molecular complexity index is 1180. The van der Waals surface area contributed by atoms with E-state index in [1.807, 2.05) is 60.0 Å². The Hall–Kier alpha value is -3.78. The van der Waals surface area contributed by atoms with Crippen LogP contribution in [0, 0.1) is 0 Å². The van der Waals surface area contributed by atoms with Crippen molar-refractivity contribution in [2.75, 3.05) is 21.3 Å². The zero-order valence-electron chi connectivity index (χ0n) is 18.0. The van der Waals surface area contributed by atoms with E-state index in [0.717, 1.165) is 16.1 Å². The molecule has 0 aliphatic heterocycles. The highest BCUT2D eigenvalue weighted by Gasteiger charge is 2.20. The summed E-state index contributed by atoms with van der Waals surface area (Å²) < 4.78 is 17.9. The van der Waals surface area contributed by atoms with Gasteiger partial charge in [0.15, 0.2) is 11.5 Å². The van der Waals surface area contributed by atoms with E-state index in [1.165, 1.54) is 0 Å². The number of amides is 1. The van der Waals surface area contributed by atoms with Crippen LogP contribution in [0.3, 0.4) is 0 Å². The van der Waals surface area contributed by atoms with Gasteiger partial charge >= 0.3 is 0 Å². The Morgan fingerprint density at radius 1 is 1.00 bits per heavy atom. The number of aromatic nitrogens is 2. The zero-order valence-corrected chi connectivity index (χ0v) is 18.8. The van der Waals surface area contributed by atoms with Gasteiger partial charge < -0.3 is 19.5 Å². The van der Waals surface area contributed by atoms with Gasteiger partial charge in [-0.25, -0.2) is 4.68 Å². The van der Waals surface area contributed by atoms with Crippen LogP contribution >= 0.6 is 11.3 Å². The maximum atomic E-state index is 13.2. The van der Waals surface area contributed by atoms with Crippen molar-refractivity contribution < 1.29 is 19.0 Å². The molecule has 4 aromatic rings. The number of carbonyl (C=O) groups is 1. The van der Waals surface area contributed by atoms with Crippen molar-refractivity contribution >= 4 is 17.2 Å². The van der Waals surface area contributed by atoms with Gasteiger partial charge in [0.2, 0.25) is 5.75 Å². The summed E-state index contributed by atoms with van der Waals surface area (Å²) in [7, 11) is 4.67. The minimum atomic E-state index is -0.218. The lowest BCUT2D eigenvalue weighted by molar-refractivity contribution is 0.0951. The number of para-hydroxylation sites is 1. The largest absolute Gasteiger partial charge is 0.493 e. The highest BCUT2D eigenvalue weighted by molar-refractivity contribution is 7.13. The molecule has 0 spiro atoms. The topological polar surface area (TPSA) is 74.6 Å². The first-order chi connectivity index (χ1) is 15.6. The molecule has 1 amide bonds. The summed E-state index contributed by atoms with van der Waals surface area (Å²) in [6.45, 7) is 0.288. The number of carbonyl (C=O) groups excluding carboxylic acids is 1. The van der Waals surface area contributed by atoms with E-state index in [9.17, 15) is 4.79 Å². The van der Waals surface area contributed by atoms with Crippen LogP contribution in [0.25, 0.3) is 16.3 Å². The SMILES string of the molecule is COc1cc(CNC(=O)c2cn(-c3ccccc3)nc2-c2cccs2)cc(OC)c1OC. The van der Waals surface area contributed by atoms with Gasteiger partial charge in [-0.3, -0.25) is 4.79 Å². The van der Waals surface area contributed by atoms with Gasteiger partial charge in [0, 0.05) is 12.7 Å². The molecule has 2 heterocycles. The van der Waals surface area contributed by atoms with Crippen molar-refractivity contribution in [1.29, 1.82) is 0 Å². The highest BCUT2D eigenvalue weighted by Crippen LogP contribution is 2.38. The maximum absolute atomic E-state index is 13.2. The predicted octanol–water partition coefficient (Wildman–Crippen LogP) is 4.56. The summed E-state index contributed by atoms with van der Waals surface area (Å²) in [6, 6.07) is 17.2. The number of thiophene rings is 1. The quantitative estimate of drug-likeness (QED) is 0.427. The second-order valence-corrected chi connectivity index (χ2v) is 7.81. The first-order valence-corrected chi connectivity index (χ1v) is 10.8. The molecule has 0 aliphatic rings. The standard InChI is InChI=1S/C24H23N3O4S/c1-29-19-12-16(13-20(30-2)23(19)31-3)14-25-24(28)18-15-27(17-8-5-4-6-9-17)26-22(18)21-10-7-11-32-21/h4-13,15H,14H2,1-3H3,(H,25,28). The summed E-state index contributed by atoms with van der Waals surface area (Å²) in [6.07, 6.45) is 1.76. The molecule has 1 N–H and O–H groups in total. The number of ether oxygens (including phenoxy) is 3. The fourth-order valence-electron chi connectivity index (χ4n) is 3.36. The average Bonchev–Trinajstić information content (AvgIpc) is 3.52. The Labute approximate surface area is 190 Å². The van der Waals surface area contributed by atoms with Crippen molar-refractivity contribution in [2.24, 2.45) is 0 Å².